The summed E-state index contributed by atoms with van der Waals surface area (Å²) >= 11 is 1.84. The molecule has 0 aliphatic carbocycles. The number of nitrogens with one attached hydrogen (secondary N) is 3. The fourth-order valence-electron chi connectivity index (χ4n) is 4.14. The zero-order valence-electron chi connectivity index (χ0n) is 17.7. The Morgan fingerprint density at radius 2 is 2.10 bits per heavy atom. The highest BCUT2D eigenvalue weighted by molar-refractivity contribution is 7.99. The predicted octanol–water partition coefficient (Wildman–Crippen LogP) is 3.54. The van der Waals surface area contributed by atoms with Crippen molar-refractivity contribution in [1.29, 1.82) is 0 Å². The molecule has 2 aromatic rings. The van der Waals surface area contributed by atoms with Crippen LogP contribution in [-0.4, -0.2) is 53.6 Å². The van der Waals surface area contributed by atoms with Gasteiger partial charge in [0.15, 0.2) is 0 Å². The number of aryl methyl sites for hydroxylation is 1. The Hall–Kier alpha value is -2.51. The summed E-state index contributed by atoms with van der Waals surface area (Å²) in [5, 5.41) is 5.98. The molecule has 0 saturated carbocycles. The van der Waals surface area contributed by atoms with Crippen molar-refractivity contribution in [3.63, 3.8) is 0 Å². The fraction of sp³-hybridized carbons (Fsp3) is 0.391. The Morgan fingerprint density at radius 1 is 1.30 bits per heavy atom. The molecule has 3 N–H and O–H groups in total. The molecule has 1 aromatic heterocycles. The van der Waals surface area contributed by atoms with E-state index in [0.717, 1.165) is 54.4 Å². The molecule has 0 bridgehead atoms. The van der Waals surface area contributed by atoms with Gasteiger partial charge in [-0.1, -0.05) is 13.8 Å². The molecule has 158 valence electrons. The predicted molar refractivity (Wildman–Crippen MR) is 123 cm³/mol. The average molecular weight is 425 g/mol. The Balaban J connectivity index is 1.55. The second-order valence-electron chi connectivity index (χ2n) is 7.62. The molecule has 0 fully saturated rings. The van der Waals surface area contributed by atoms with Gasteiger partial charge in [-0.25, -0.2) is 0 Å². The molecule has 2 amide bonds. The molecule has 0 saturated heterocycles. The lowest BCUT2D eigenvalue weighted by atomic mass is 9.98. The van der Waals surface area contributed by atoms with Crippen LogP contribution in [0.3, 0.4) is 0 Å². The van der Waals surface area contributed by atoms with Crippen LogP contribution in [-0.2, 0) is 11.2 Å². The number of likely N-dealkylation sites (N-methyl/N-ethyl adjacent to an activating group) is 1. The van der Waals surface area contributed by atoms with Gasteiger partial charge < -0.3 is 20.5 Å². The van der Waals surface area contributed by atoms with Crippen LogP contribution in [0, 0.1) is 6.92 Å². The number of rotatable bonds is 7. The summed E-state index contributed by atoms with van der Waals surface area (Å²) < 4.78 is 0. The number of anilines is 1. The van der Waals surface area contributed by atoms with Crippen LogP contribution in [0.25, 0.3) is 11.6 Å². The highest BCUT2D eigenvalue weighted by Crippen LogP contribution is 2.43. The summed E-state index contributed by atoms with van der Waals surface area (Å²) in [7, 11) is 0. The molecule has 0 radical (unpaired) electrons. The van der Waals surface area contributed by atoms with Crippen LogP contribution in [0.2, 0.25) is 0 Å². The molecule has 2 aliphatic rings. The first kappa shape index (κ1) is 20.8. The van der Waals surface area contributed by atoms with Gasteiger partial charge in [0.05, 0.1) is 11.1 Å². The smallest absolute Gasteiger partial charge is 0.256 e. The molecule has 30 heavy (non-hydrogen) atoms. The number of H-pyrrole nitrogens is 1. The maximum atomic E-state index is 12.6. The van der Waals surface area contributed by atoms with E-state index in [1.807, 2.05) is 36.9 Å². The maximum absolute atomic E-state index is 12.6. The van der Waals surface area contributed by atoms with Crippen molar-refractivity contribution in [2.45, 2.75) is 32.1 Å². The third kappa shape index (κ3) is 3.91. The number of fused-ring (bicyclic) bond motifs is 3. The molecule has 6 nitrogen and oxygen atoms in total. The summed E-state index contributed by atoms with van der Waals surface area (Å²) in [5.74, 6) is 0.869. The van der Waals surface area contributed by atoms with Gasteiger partial charge in [0.25, 0.3) is 11.8 Å². The Morgan fingerprint density at radius 3 is 2.87 bits per heavy atom. The fourth-order valence-corrected chi connectivity index (χ4v) is 5.21. The van der Waals surface area contributed by atoms with Gasteiger partial charge in [-0.15, -0.1) is 11.8 Å². The van der Waals surface area contributed by atoms with E-state index in [2.05, 4.69) is 40.4 Å². The summed E-state index contributed by atoms with van der Waals surface area (Å²) in [6.45, 7) is 9.51. The summed E-state index contributed by atoms with van der Waals surface area (Å²) in [4.78, 5) is 32.1. The number of benzene rings is 1. The summed E-state index contributed by atoms with van der Waals surface area (Å²) in [5.41, 5.74) is 6.00. The average Bonchev–Trinajstić information content (AvgIpc) is 3.42. The van der Waals surface area contributed by atoms with E-state index >= 15 is 0 Å². The number of carbonyl (C=O) groups excluding carboxylic acids is 2. The zero-order chi connectivity index (χ0) is 21.3. The monoisotopic (exact) mass is 424 g/mol. The number of hydrogen-bond donors (Lipinski definition) is 3. The molecular formula is C23H28N4O2S. The Kier molecular flexibility index (Phi) is 6.01. The lowest BCUT2D eigenvalue weighted by molar-refractivity contribution is -0.110. The normalized spacial score (nSPS) is 16.1. The number of carbonyl (C=O) groups is 2. The maximum Gasteiger partial charge on any atom is 0.256 e. The lowest BCUT2D eigenvalue weighted by Gasteiger charge is -2.17. The van der Waals surface area contributed by atoms with Crippen LogP contribution in [0.4, 0.5) is 5.69 Å². The molecule has 7 heteroatoms. The lowest BCUT2D eigenvalue weighted by Crippen LogP contribution is -2.34. The first-order valence-electron chi connectivity index (χ1n) is 10.5. The molecule has 4 rings (SSSR count). The van der Waals surface area contributed by atoms with Gasteiger partial charge in [-0.3, -0.25) is 9.59 Å². The first-order chi connectivity index (χ1) is 14.5. The summed E-state index contributed by atoms with van der Waals surface area (Å²) in [6.07, 6.45) is 2.84. The molecule has 0 spiro atoms. The Labute approximate surface area is 181 Å². The molecule has 0 atom stereocenters. The van der Waals surface area contributed by atoms with Gasteiger partial charge in [-0.2, -0.15) is 0 Å². The number of nitrogens with zero attached hydrogens (tertiary/aromatic N) is 1. The van der Waals surface area contributed by atoms with Crippen molar-refractivity contribution < 1.29 is 9.59 Å². The van der Waals surface area contributed by atoms with E-state index in [0.29, 0.717) is 17.7 Å². The number of aromatic nitrogens is 1. The van der Waals surface area contributed by atoms with E-state index in [9.17, 15) is 9.59 Å². The summed E-state index contributed by atoms with van der Waals surface area (Å²) in [6, 6.07) is 5.91. The number of aromatic amines is 1. The van der Waals surface area contributed by atoms with Gasteiger partial charge in [0.2, 0.25) is 0 Å². The van der Waals surface area contributed by atoms with Crippen LogP contribution in [0.5, 0.6) is 0 Å². The minimum Gasteiger partial charge on any atom is -0.358 e. The molecule has 0 unspecified atom stereocenters. The van der Waals surface area contributed by atoms with Gasteiger partial charge >= 0.3 is 0 Å². The third-order valence-electron chi connectivity index (χ3n) is 5.83. The second kappa shape index (κ2) is 8.70. The second-order valence-corrected chi connectivity index (χ2v) is 8.76. The van der Waals surface area contributed by atoms with Crippen molar-refractivity contribution in [2.75, 3.05) is 37.2 Å². The van der Waals surface area contributed by atoms with Gasteiger partial charge in [-0.05, 0) is 56.3 Å². The van der Waals surface area contributed by atoms with Crippen LogP contribution in [0.15, 0.2) is 23.1 Å². The van der Waals surface area contributed by atoms with Crippen LogP contribution in [0.1, 0.15) is 46.7 Å². The van der Waals surface area contributed by atoms with E-state index in [-0.39, 0.29) is 11.8 Å². The van der Waals surface area contributed by atoms with Crippen molar-refractivity contribution >= 4 is 40.9 Å². The quantitative estimate of drug-likeness (QED) is 0.594. The third-order valence-corrected chi connectivity index (χ3v) is 6.93. The number of hydrogen-bond acceptors (Lipinski definition) is 4. The van der Waals surface area contributed by atoms with E-state index < -0.39 is 0 Å². The number of amides is 2. The van der Waals surface area contributed by atoms with E-state index in [1.54, 1.807) is 0 Å². The molecule has 1 aromatic carbocycles. The van der Waals surface area contributed by atoms with Crippen molar-refractivity contribution in [1.82, 2.24) is 15.2 Å². The van der Waals surface area contributed by atoms with Crippen molar-refractivity contribution in [3.8, 4) is 0 Å². The highest BCUT2D eigenvalue weighted by atomic mass is 32.2. The van der Waals surface area contributed by atoms with Gasteiger partial charge in [0, 0.05) is 46.4 Å². The van der Waals surface area contributed by atoms with Crippen LogP contribution >= 0.6 is 11.8 Å². The molecule has 3 heterocycles. The minimum atomic E-state index is -0.0900. The van der Waals surface area contributed by atoms with Crippen molar-refractivity contribution in [2.24, 2.45) is 0 Å². The first-order valence-corrected chi connectivity index (χ1v) is 11.5. The minimum absolute atomic E-state index is 0.0888. The van der Waals surface area contributed by atoms with Crippen molar-refractivity contribution in [3.05, 3.63) is 46.3 Å². The molecule has 2 aliphatic heterocycles. The van der Waals surface area contributed by atoms with Gasteiger partial charge in [0.1, 0.15) is 0 Å². The van der Waals surface area contributed by atoms with E-state index in [4.69, 9.17) is 0 Å². The van der Waals surface area contributed by atoms with E-state index in [1.165, 1.54) is 10.5 Å². The van der Waals surface area contributed by atoms with Crippen LogP contribution < -0.4 is 10.6 Å². The highest BCUT2D eigenvalue weighted by Gasteiger charge is 2.30. The largest absolute Gasteiger partial charge is 0.358 e. The number of thioether (sulfide) groups is 1. The zero-order valence-corrected chi connectivity index (χ0v) is 18.5. The SMILES string of the molecule is CCN(CC)CCNC(=O)c1cc(/C=C2\C(=O)Nc3ccc4c(c32)CCS4)[nH]c1C. The Bertz CT molecular complexity index is 1020. The molecular weight excluding hydrogens is 396 g/mol. The standard InChI is InChI=1S/C23H28N4O2S/c1-4-27(5-2)10-9-24-22(28)17-12-15(25-14(17)3)13-18-21-16-8-11-30-20(16)7-6-19(21)26-23(18)29/h6-7,12-13,25H,4-5,8-11H2,1-3H3,(H,24,28)(H,26,29)/b18-13-. The topological polar surface area (TPSA) is 77.2 Å².